The number of carbonyl (C=O) groups excluding carboxylic acids is 1. The number of piperazine rings is 1. The molecule has 0 atom stereocenters. The molecular formula is C26H25N7O3. The van der Waals surface area contributed by atoms with Crippen molar-refractivity contribution in [2.75, 3.05) is 38.5 Å². The molecule has 1 saturated heterocycles. The molecule has 1 aliphatic carbocycles. The van der Waals surface area contributed by atoms with Gasteiger partial charge in [0.2, 0.25) is 0 Å². The molecule has 6 rings (SSSR count). The van der Waals surface area contributed by atoms with Crippen molar-refractivity contribution in [2.24, 2.45) is 5.16 Å². The highest BCUT2D eigenvalue weighted by Crippen LogP contribution is 2.38. The standard InChI is InChI=1S/C26H25N7O3/c1-32-8-10-33(11-9-32)26(34)17-13-28-25(29-14-17)24-23(20-6-7-27-15-22(20)36-24)30-18-3-4-19-16(12-18)2-5-21(19)31-35/h3-4,6-7,12-15,30,35H,2,5,8-11H2,1H3/b31-21-. The zero-order valence-electron chi connectivity index (χ0n) is 19.8. The maximum absolute atomic E-state index is 12.9. The van der Waals surface area contributed by atoms with Gasteiger partial charge < -0.3 is 24.7 Å². The van der Waals surface area contributed by atoms with Crippen molar-refractivity contribution in [3.8, 4) is 11.6 Å². The number of furan rings is 1. The van der Waals surface area contributed by atoms with E-state index in [-0.39, 0.29) is 5.91 Å². The number of aryl methyl sites for hydroxylation is 1. The average Bonchev–Trinajstić information content (AvgIpc) is 3.50. The predicted octanol–water partition coefficient (Wildman–Crippen LogP) is 3.54. The van der Waals surface area contributed by atoms with Crippen LogP contribution in [0.15, 0.2) is 58.6 Å². The summed E-state index contributed by atoms with van der Waals surface area (Å²) in [4.78, 5) is 30.1. The van der Waals surface area contributed by atoms with Gasteiger partial charge in [0.25, 0.3) is 5.91 Å². The van der Waals surface area contributed by atoms with Crippen LogP contribution in [0.2, 0.25) is 0 Å². The minimum Gasteiger partial charge on any atom is -0.449 e. The van der Waals surface area contributed by atoms with Crippen LogP contribution in [0.1, 0.15) is 27.9 Å². The Balaban J connectivity index is 1.32. The van der Waals surface area contributed by atoms with Crippen molar-refractivity contribution in [1.82, 2.24) is 24.8 Å². The fourth-order valence-corrected chi connectivity index (χ4v) is 4.78. The fraction of sp³-hybridized carbons (Fsp3) is 0.269. The van der Waals surface area contributed by atoms with E-state index < -0.39 is 0 Å². The second-order valence-corrected chi connectivity index (χ2v) is 9.11. The van der Waals surface area contributed by atoms with Crippen molar-refractivity contribution in [2.45, 2.75) is 12.8 Å². The Morgan fingerprint density at radius 1 is 1.08 bits per heavy atom. The summed E-state index contributed by atoms with van der Waals surface area (Å²) in [5.74, 6) is 0.778. The van der Waals surface area contributed by atoms with Gasteiger partial charge in [0.05, 0.1) is 23.2 Å². The first kappa shape index (κ1) is 22.2. The summed E-state index contributed by atoms with van der Waals surface area (Å²) in [7, 11) is 2.05. The van der Waals surface area contributed by atoms with Gasteiger partial charge in [0.1, 0.15) is 0 Å². The van der Waals surface area contributed by atoms with Gasteiger partial charge in [-0.05, 0) is 43.7 Å². The molecule has 0 saturated carbocycles. The number of hydrogen-bond donors (Lipinski definition) is 2. The molecule has 0 spiro atoms. The molecule has 0 radical (unpaired) electrons. The van der Waals surface area contributed by atoms with E-state index in [1.54, 1.807) is 24.8 Å². The fourth-order valence-electron chi connectivity index (χ4n) is 4.78. The Bertz CT molecular complexity index is 1470. The van der Waals surface area contributed by atoms with Crippen molar-refractivity contribution in [3.63, 3.8) is 0 Å². The number of amides is 1. The van der Waals surface area contributed by atoms with Gasteiger partial charge in [-0.1, -0.05) is 11.2 Å². The molecule has 4 aromatic rings. The second-order valence-electron chi connectivity index (χ2n) is 9.11. The second kappa shape index (κ2) is 9.04. The highest BCUT2D eigenvalue weighted by Gasteiger charge is 2.24. The van der Waals surface area contributed by atoms with Crippen LogP contribution in [0, 0.1) is 0 Å². The molecule has 0 bridgehead atoms. The molecule has 1 aliphatic heterocycles. The van der Waals surface area contributed by atoms with E-state index in [0.29, 0.717) is 48.0 Å². The monoisotopic (exact) mass is 483 g/mol. The number of hydrogen-bond acceptors (Lipinski definition) is 9. The highest BCUT2D eigenvalue weighted by molar-refractivity contribution is 6.05. The van der Waals surface area contributed by atoms with Crippen molar-refractivity contribution in [1.29, 1.82) is 0 Å². The molecule has 2 aliphatic rings. The zero-order valence-corrected chi connectivity index (χ0v) is 19.8. The number of benzene rings is 1. The zero-order chi connectivity index (χ0) is 24.6. The Morgan fingerprint density at radius 3 is 2.67 bits per heavy atom. The van der Waals surface area contributed by atoms with Crippen LogP contribution in [0.4, 0.5) is 11.4 Å². The number of nitrogens with one attached hydrogen (secondary N) is 1. The van der Waals surface area contributed by atoms with Gasteiger partial charge in [-0.25, -0.2) is 9.97 Å². The number of pyridine rings is 1. The van der Waals surface area contributed by atoms with Crippen LogP contribution in [0.5, 0.6) is 0 Å². The quantitative estimate of drug-likeness (QED) is 0.334. The number of oxime groups is 1. The van der Waals surface area contributed by atoms with Crippen LogP contribution in [0.3, 0.4) is 0 Å². The lowest BCUT2D eigenvalue weighted by Gasteiger charge is -2.32. The molecule has 1 aromatic carbocycles. The van der Waals surface area contributed by atoms with Crippen molar-refractivity contribution < 1.29 is 14.4 Å². The van der Waals surface area contributed by atoms with E-state index in [9.17, 15) is 10.0 Å². The number of aromatic nitrogens is 3. The van der Waals surface area contributed by atoms with Gasteiger partial charge >= 0.3 is 0 Å². The number of carbonyl (C=O) groups is 1. The summed E-state index contributed by atoms with van der Waals surface area (Å²) in [6, 6.07) is 7.83. The van der Waals surface area contributed by atoms with Gasteiger partial charge in [-0.15, -0.1) is 0 Å². The topological polar surface area (TPSA) is 120 Å². The Kier molecular flexibility index (Phi) is 5.57. The van der Waals surface area contributed by atoms with Gasteiger partial charge in [-0.2, -0.15) is 0 Å². The van der Waals surface area contributed by atoms with Gasteiger partial charge in [0.15, 0.2) is 17.2 Å². The first-order valence-corrected chi connectivity index (χ1v) is 11.9. The Hall–Kier alpha value is -4.31. The first-order valence-electron chi connectivity index (χ1n) is 11.9. The molecular weight excluding hydrogens is 458 g/mol. The summed E-state index contributed by atoms with van der Waals surface area (Å²) >= 11 is 0. The van der Waals surface area contributed by atoms with Crippen LogP contribution in [-0.2, 0) is 6.42 Å². The Morgan fingerprint density at radius 2 is 1.89 bits per heavy atom. The summed E-state index contributed by atoms with van der Waals surface area (Å²) in [6.45, 7) is 3.08. The highest BCUT2D eigenvalue weighted by atomic mass is 16.4. The molecule has 2 N–H and O–H groups in total. The lowest BCUT2D eigenvalue weighted by molar-refractivity contribution is 0.0663. The van der Waals surface area contributed by atoms with E-state index in [4.69, 9.17) is 4.42 Å². The van der Waals surface area contributed by atoms with E-state index in [1.165, 1.54) is 0 Å². The first-order chi connectivity index (χ1) is 17.6. The third-order valence-electron chi connectivity index (χ3n) is 6.82. The third-order valence-corrected chi connectivity index (χ3v) is 6.82. The number of nitrogens with zero attached hydrogens (tertiary/aromatic N) is 6. The SMILES string of the molecule is CN1CCN(C(=O)c2cnc(-c3oc4cnccc4c3Nc3ccc4c(c3)CC/C4=N/O)nc2)CC1. The molecule has 10 nitrogen and oxygen atoms in total. The molecule has 4 heterocycles. The summed E-state index contributed by atoms with van der Waals surface area (Å²) < 4.78 is 6.11. The minimum absolute atomic E-state index is 0.0641. The number of likely N-dealkylation sites (N-methyl/N-ethyl adjacent to an activating group) is 1. The van der Waals surface area contributed by atoms with E-state index in [1.807, 2.05) is 23.1 Å². The minimum atomic E-state index is -0.0641. The molecule has 10 heteroatoms. The lowest BCUT2D eigenvalue weighted by Crippen LogP contribution is -2.47. The van der Waals surface area contributed by atoms with Crippen LogP contribution < -0.4 is 5.32 Å². The number of fused-ring (bicyclic) bond motifs is 2. The average molecular weight is 484 g/mol. The molecule has 1 fully saturated rings. The molecule has 36 heavy (non-hydrogen) atoms. The maximum Gasteiger partial charge on any atom is 0.257 e. The molecule has 3 aromatic heterocycles. The smallest absolute Gasteiger partial charge is 0.257 e. The van der Waals surface area contributed by atoms with E-state index in [2.05, 4.69) is 43.4 Å². The van der Waals surface area contributed by atoms with Crippen LogP contribution >= 0.6 is 0 Å². The third kappa shape index (κ3) is 3.95. The summed E-state index contributed by atoms with van der Waals surface area (Å²) in [5, 5.41) is 16.9. The number of anilines is 2. The lowest BCUT2D eigenvalue weighted by atomic mass is 10.1. The Labute approximate surface area is 207 Å². The van der Waals surface area contributed by atoms with Crippen molar-refractivity contribution in [3.05, 3.63) is 65.7 Å². The predicted molar refractivity (Wildman–Crippen MR) is 135 cm³/mol. The number of rotatable bonds is 4. The van der Waals surface area contributed by atoms with Gasteiger partial charge in [0, 0.05) is 61.4 Å². The van der Waals surface area contributed by atoms with E-state index >= 15 is 0 Å². The molecule has 1 amide bonds. The van der Waals surface area contributed by atoms with E-state index in [0.717, 1.165) is 47.4 Å². The van der Waals surface area contributed by atoms with Crippen LogP contribution in [0.25, 0.3) is 22.6 Å². The summed E-state index contributed by atoms with van der Waals surface area (Å²) in [6.07, 6.45) is 8.01. The maximum atomic E-state index is 12.9. The molecule has 182 valence electrons. The largest absolute Gasteiger partial charge is 0.449 e. The van der Waals surface area contributed by atoms with Crippen molar-refractivity contribution >= 4 is 34.0 Å². The summed E-state index contributed by atoms with van der Waals surface area (Å²) in [5.41, 5.74) is 5.44. The van der Waals surface area contributed by atoms with Crippen LogP contribution in [-0.4, -0.2) is 74.8 Å². The van der Waals surface area contributed by atoms with Gasteiger partial charge in [-0.3, -0.25) is 9.78 Å². The molecule has 0 unspecified atom stereocenters. The normalized spacial score (nSPS) is 17.0.